The highest BCUT2D eigenvalue weighted by Crippen LogP contribution is 2.29. The van der Waals surface area contributed by atoms with Gasteiger partial charge >= 0.3 is 0 Å². The van der Waals surface area contributed by atoms with Gasteiger partial charge in [0.05, 0.1) is 0 Å². The predicted molar refractivity (Wildman–Crippen MR) is 49.3 cm³/mol. The van der Waals surface area contributed by atoms with Gasteiger partial charge in [-0.15, -0.1) is 0 Å². The summed E-state index contributed by atoms with van der Waals surface area (Å²) in [5.74, 6) is 0.451. The first-order valence-electron chi connectivity index (χ1n) is 4.10. The summed E-state index contributed by atoms with van der Waals surface area (Å²) in [5, 5.41) is 0. The van der Waals surface area contributed by atoms with E-state index >= 15 is 0 Å². The van der Waals surface area contributed by atoms with E-state index in [2.05, 4.69) is 39.8 Å². The van der Waals surface area contributed by atoms with Gasteiger partial charge < -0.3 is 5.73 Å². The van der Waals surface area contributed by atoms with E-state index in [9.17, 15) is 0 Å². The molecule has 0 heterocycles. The van der Waals surface area contributed by atoms with Crippen molar-refractivity contribution < 1.29 is 0 Å². The van der Waals surface area contributed by atoms with Crippen molar-refractivity contribution in [1.82, 2.24) is 0 Å². The molecule has 0 bridgehead atoms. The lowest BCUT2D eigenvalue weighted by Gasteiger charge is -2.34. The second kappa shape index (κ2) is 2.49. The molecule has 1 rings (SSSR count). The SMILES string of the molecule is CC1=CC(C)[C@](C)(N)C(C)=C1. The van der Waals surface area contributed by atoms with Crippen LogP contribution in [0.4, 0.5) is 0 Å². The Balaban J connectivity index is 3.01. The summed E-state index contributed by atoms with van der Waals surface area (Å²) in [6.07, 6.45) is 4.40. The zero-order valence-corrected chi connectivity index (χ0v) is 7.81. The highest BCUT2D eigenvalue weighted by molar-refractivity contribution is 5.34. The molecule has 0 aromatic rings. The largest absolute Gasteiger partial charge is 0.321 e. The predicted octanol–water partition coefficient (Wildman–Crippen LogP) is 2.25. The average Bonchev–Trinajstić information content (AvgIpc) is 1.84. The minimum absolute atomic E-state index is 0.139. The Labute approximate surface area is 69.0 Å². The van der Waals surface area contributed by atoms with Crippen molar-refractivity contribution in [2.45, 2.75) is 33.2 Å². The normalized spacial score (nSPS) is 38.1. The van der Waals surface area contributed by atoms with E-state index in [1.807, 2.05) is 0 Å². The van der Waals surface area contributed by atoms with Crippen LogP contribution in [0, 0.1) is 5.92 Å². The zero-order chi connectivity index (χ0) is 8.65. The zero-order valence-electron chi connectivity index (χ0n) is 7.81. The summed E-state index contributed by atoms with van der Waals surface area (Å²) < 4.78 is 0. The van der Waals surface area contributed by atoms with Crippen LogP contribution < -0.4 is 5.73 Å². The van der Waals surface area contributed by atoms with Gasteiger partial charge in [0, 0.05) is 5.54 Å². The Bertz CT molecular complexity index is 221. The van der Waals surface area contributed by atoms with E-state index in [1.54, 1.807) is 0 Å². The van der Waals surface area contributed by atoms with Crippen molar-refractivity contribution in [3.05, 3.63) is 23.3 Å². The van der Waals surface area contributed by atoms with Crippen LogP contribution in [0.2, 0.25) is 0 Å². The van der Waals surface area contributed by atoms with Gasteiger partial charge in [-0.1, -0.05) is 30.2 Å². The summed E-state index contributed by atoms with van der Waals surface area (Å²) in [5.41, 5.74) is 8.59. The summed E-state index contributed by atoms with van der Waals surface area (Å²) in [6.45, 7) is 8.48. The van der Waals surface area contributed by atoms with Crippen LogP contribution in [0.1, 0.15) is 27.7 Å². The first-order valence-corrected chi connectivity index (χ1v) is 4.10. The molecular formula is C10H17N. The lowest BCUT2D eigenvalue weighted by molar-refractivity contribution is 0.427. The topological polar surface area (TPSA) is 26.0 Å². The highest BCUT2D eigenvalue weighted by atomic mass is 14.7. The molecular weight excluding hydrogens is 134 g/mol. The van der Waals surface area contributed by atoms with E-state index in [-0.39, 0.29) is 5.54 Å². The fourth-order valence-electron chi connectivity index (χ4n) is 1.47. The quantitative estimate of drug-likeness (QED) is 0.564. The molecule has 1 aliphatic carbocycles. The van der Waals surface area contributed by atoms with E-state index in [4.69, 9.17) is 5.73 Å². The van der Waals surface area contributed by atoms with Crippen LogP contribution in [-0.4, -0.2) is 5.54 Å². The van der Waals surface area contributed by atoms with Gasteiger partial charge in [0.25, 0.3) is 0 Å². The van der Waals surface area contributed by atoms with Crippen LogP contribution in [0.15, 0.2) is 23.3 Å². The molecule has 62 valence electrons. The molecule has 2 N–H and O–H groups in total. The van der Waals surface area contributed by atoms with Crippen LogP contribution in [0.25, 0.3) is 0 Å². The molecule has 2 atom stereocenters. The Morgan fingerprint density at radius 3 is 2.45 bits per heavy atom. The van der Waals surface area contributed by atoms with Gasteiger partial charge in [-0.3, -0.25) is 0 Å². The second-order valence-corrected chi connectivity index (χ2v) is 3.81. The highest BCUT2D eigenvalue weighted by Gasteiger charge is 2.28. The molecule has 0 radical (unpaired) electrons. The lowest BCUT2D eigenvalue weighted by atomic mass is 9.77. The van der Waals surface area contributed by atoms with E-state index in [1.165, 1.54) is 11.1 Å². The third-order valence-corrected chi connectivity index (χ3v) is 2.75. The summed E-state index contributed by atoms with van der Waals surface area (Å²) in [6, 6.07) is 0. The molecule has 1 aliphatic rings. The first-order chi connectivity index (χ1) is 4.94. The van der Waals surface area contributed by atoms with Gasteiger partial charge in [-0.05, 0) is 26.7 Å². The monoisotopic (exact) mass is 151 g/mol. The number of allylic oxidation sites excluding steroid dienone is 2. The van der Waals surface area contributed by atoms with Crippen molar-refractivity contribution in [3.8, 4) is 0 Å². The first kappa shape index (κ1) is 8.54. The van der Waals surface area contributed by atoms with Crippen molar-refractivity contribution in [2.24, 2.45) is 11.7 Å². The maximum absolute atomic E-state index is 6.11. The van der Waals surface area contributed by atoms with Gasteiger partial charge in [-0.2, -0.15) is 0 Å². The van der Waals surface area contributed by atoms with Crippen molar-refractivity contribution in [2.75, 3.05) is 0 Å². The van der Waals surface area contributed by atoms with Gasteiger partial charge in [0.1, 0.15) is 0 Å². The van der Waals surface area contributed by atoms with Gasteiger partial charge in [0.15, 0.2) is 0 Å². The number of hydrogen-bond donors (Lipinski definition) is 1. The van der Waals surface area contributed by atoms with Crippen LogP contribution >= 0.6 is 0 Å². The van der Waals surface area contributed by atoms with Crippen molar-refractivity contribution in [3.63, 3.8) is 0 Å². The van der Waals surface area contributed by atoms with Crippen molar-refractivity contribution in [1.29, 1.82) is 0 Å². The van der Waals surface area contributed by atoms with E-state index in [0.29, 0.717) is 5.92 Å². The number of hydrogen-bond acceptors (Lipinski definition) is 1. The Morgan fingerprint density at radius 1 is 1.45 bits per heavy atom. The molecule has 0 fully saturated rings. The lowest BCUT2D eigenvalue weighted by Crippen LogP contribution is -2.44. The molecule has 1 heteroatoms. The molecule has 0 aromatic heterocycles. The Kier molecular flexibility index (Phi) is 1.93. The van der Waals surface area contributed by atoms with Crippen molar-refractivity contribution >= 4 is 0 Å². The molecule has 0 amide bonds. The minimum Gasteiger partial charge on any atom is -0.321 e. The van der Waals surface area contributed by atoms with Gasteiger partial charge in [0.2, 0.25) is 0 Å². The number of rotatable bonds is 0. The van der Waals surface area contributed by atoms with E-state index in [0.717, 1.165) is 0 Å². The average molecular weight is 151 g/mol. The van der Waals surface area contributed by atoms with Crippen LogP contribution in [-0.2, 0) is 0 Å². The molecule has 11 heavy (non-hydrogen) atoms. The Morgan fingerprint density at radius 2 is 2.00 bits per heavy atom. The molecule has 1 unspecified atom stereocenters. The molecule has 0 saturated heterocycles. The molecule has 1 nitrogen and oxygen atoms in total. The van der Waals surface area contributed by atoms with Crippen LogP contribution in [0.5, 0.6) is 0 Å². The minimum atomic E-state index is -0.139. The van der Waals surface area contributed by atoms with Gasteiger partial charge in [-0.25, -0.2) is 0 Å². The summed E-state index contributed by atoms with van der Waals surface area (Å²) in [4.78, 5) is 0. The molecule has 0 aromatic carbocycles. The fraction of sp³-hybridized carbons (Fsp3) is 0.600. The maximum atomic E-state index is 6.11. The summed E-state index contributed by atoms with van der Waals surface area (Å²) in [7, 11) is 0. The summed E-state index contributed by atoms with van der Waals surface area (Å²) >= 11 is 0. The number of nitrogens with two attached hydrogens (primary N) is 1. The third kappa shape index (κ3) is 1.38. The third-order valence-electron chi connectivity index (χ3n) is 2.75. The Hall–Kier alpha value is -0.560. The molecule has 0 aliphatic heterocycles. The fourth-order valence-corrected chi connectivity index (χ4v) is 1.47. The maximum Gasteiger partial charge on any atom is 0.0401 e. The smallest absolute Gasteiger partial charge is 0.0401 e. The molecule has 0 spiro atoms. The second-order valence-electron chi connectivity index (χ2n) is 3.81. The van der Waals surface area contributed by atoms with Crippen LogP contribution in [0.3, 0.4) is 0 Å². The standard InChI is InChI=1S/C10H17N/c1-7-5-8(2)10(4,11)9(3)6-7/h5-6,8H,11H2,1-4H3/t8?,10-/m0/s1. The van der Waals surface area contributed by atoms with E-state index < -0.39 is 0 Å². The molecule has 0 saturated carbocycles.